The summed E-state index contributed by atoms with van der Waals surface area (Å²) in [7, 11) is 0. The van der Waals surface area contributed by atoms with E-state index in [9.17, 15) is 18.0 Å². The summed E-state index contributed by atoms with van der Waals surface area (Å²) in [6, 6.07) is 7.40. The van der Waals surface area contributed by atoms with E-state index in [1.54, 1.807) is 0 Å². The largest absolute Gasteiger partial charge is 0.444 e. The lowest BCUT2D eigenvalue weighted by Gasteiger charge is -2.00. The molecular formula is C14H7F3N2O3. The van der Waals surface area contributed by atoms with Gasteiger partial charge in [-0.1, -0.05) is 5.10 Å². The van der Waals surface area contributed by atoms with Crippen molar-refractivity contribution in [2.75, 3.05) is 0 Å². The van der Waals surface area contributed by atoms with Crippen LogP contribution in [0, 0.1) is 17.5 Å². The first-order valence-corrected chi connectivity index (χ1v) is 6.02. The van der Waals surface area contributed by atoms with Crippen molar-refractivity contribution in [2.24, 2.45) is 0 Å². The zero-order valence-corrected chi connectivity index (χ0v) is 10.8. The third kappa shape index (κ3) is 2.71. The van der Waals surface area contributed by atoms with Crippen molar-refractivity contribution in [1.29, 1.82) is 0 Å². The predicted molar refractivity (Wildman–Crippen MR) is 68.5 cm³/mol. The van der Waals surface area contributed by atoms with Crippen LogP contribution < -0.4 is 10.5 Å². The van der Waals surface area contributed by atoms with Crippen molar-refractivity contribution >= 4 is 0 Å². The lowest BCUT2D eigenvalue weighted by atomic mass is 10.3. The van der Waals surface area contributed by atoms with E-state index in [1.165, 1.54) is 12.1 Å². The lowest BCUT2D eigenvalue weighted by molar-refractivity contribution is 0.319. The molecule has 0 N–H and O–H groups in total. The van der Waals surface area contributed by atoms with Crippen LogP contribution in [0.4, 0.5) is 13.2 Å². The van der Waals surface area contributed by atoms with E-state index in [1.807, 2.05) is 0 Å². The zero-order chi connectivity index (χ0) is 15.7. The Morgan fingerprint density at radius 1 is 1.00 bits per heavy atom. The first kappa shape index (κ1) is 13.9. The number of hydrogen-bond donors (Lipinski definition) is 0. The maximum atomic E-state index is 13.6. The quantitative estimate of drug-likeness (QED) is 0.746. The molecule has 5 nitrogen and oxygen atoms in total. The minimum absolute atomic E-state index is 0.162. The normalized spacial score (nSPS) is 10.7. The molecule has 0 saturated heterocycles. The molecule has 0 saturated carbocycles. The molecule has 0 aliphatic carbocycles. The summed E-state index contributed by atoms with van der Waals surface area (Å²) < 4.78 is 49.9. The van der Waals surface area contributed by atoms with E-state index in [2.05, 4.69) is 9.52 Å². The highest BCUT2D eigenvalue weighted by atomic mass is 19.1. The monoisotopic (exact) mass is 308 g/mol. The molecule has 22 heavy (non-hydrogen) atoms. The maximum Gasteiger partial charge on any atom is 0.444 e. The van der Waals surface area contributed by atoms with Crippen LogP contribution in [-0.4, -0.2) is 9.78 Å². The maximum absolute atomic E-state index is 13.6. The molecule has 8 heteroatoms. The molecule has 0 fully saturated rings. The number of ether oxygens (including phenoxy) is 1. The molecule has 3 aromatic rings. The van der Waals surface area contributed by atoms with Gasteiger partial charge in [0.2, 0.25) is 0 Å². The van der Waals surface area contributed by atoms with Gasteiger partial charge in [-0.3, -0.25) is 0 Å². The van der Waals surface area contributed by atoms with Crippen LogP contribution in [0.25, 0.3) is 5.69 Å². The zero-order valence-electron chi connectivity index (χ0n) is 10.8. The van der Waals surface area contributed by atoms with Crippen molar-refractivity contribution < 1.29 is 22.3 Å². The van der Waals surface area contributed by atoms with Gasteiger partial charge in [0, 0.05) is 6.07 Å². The van der Waals surface area contributed by atoms with E-state index >= 15 is 0 Å². The van der Waals surface area contributed by atoms with Crippen LogP contribution >= 0.6 is 0 Å². The standard InChI is InChI=1S/C14H7F3N2O3/c15-8-1-4-10(5-2-8)21-13-18-19(14(20)22-13)12-7-9(16)3-6-11(12)17/h1-7H. The van der Waals surface area contributed by atoms with Gasteiger partial charge in [0.05, 0.1) is 0 Å². The Morgan fingerprint density at radius 2 is 1.68 bits per heavy atom. The van der Waals surface area contributed by atoms with Crippen molar-refractivity contribution in [2.45, 2.75) is 0 Å². The molecule has 0 amide bonds. The van der Waals surface area contributed by atoms with Gasteiger partial charge in [0.15, 0.2) is 0 Å². The lowest BCUT2D eigenvalue weighted by Crippen LogP contribution is -2.15. The molecule has 0 aliphatic heterocycles. The number of rotatable bonds is 3. The average molecular weight is 308 g/mol. The van der Waals surface area contributed by atoms with Crippen LogP contribution in [0.5, 0.6) is 11.8 Å². The van der Waals surface area contributed by atoms with E-state index in [0.29, 0.717) is 4.68 Å². The predicted octanol–water partition coefficient (Wildman–Crippen LogP) is 3.04. The van der Waals surface area contributed by atoms with Gasteiger partial charge < -0.3 is 9.15 Å². The molecule has 1 aromatic heterocycles. The van der Waals surface area contributed by atoms with Crippen LogP contribution in [0.2, 0.25) is 0 Å². The van der Waals surface area contributed by atoms with E-state index in [-0.39, 0.29) is 5.75 Å². The molecule has 0 aliphatic rings. The van der Waals surface area contributed by atoms with E-state index < -0.39 is 35.0 Å². The summed E-state index contributed by atoms with van der Waals surface area (Å²) in [5.41, 5.74) is -0.414. The minimum Gasteiger partial charge on any atom is -0.410 e. The van der Waals surface area contributed by atoms with Crippen molar-refractivity contribution in [3.05, 3.63) is 70.5 Å². The van der Waals surface area contributed by atoms with Gasteiger partial charge in [0.1, 0.15) is 28.9 Å². The summed E-state index contributed by atoms with van der Waals surface area (Å²) in [4.78, 5) is 11.7. The highest BCUT2D eigenvalue weighted by Crippen LogP contribution is 2.20. The smallest absolute Gasteiger partial charge is 0.410 e. The number of halogens is 3. The summed E-state index contributed by atoms with van der Waals surface area (Å²) in [5, 5.41) is 3.61. The topological polar surface area (TPSA) is 57.3 Å². The Labute approximate surface area is 121 Å². The Morgan fingerprint density at radius 3 is 2.41 bits per heavy atom. The molecule has 1 heterocycles. The van der Waals surface area contributed by atoms with Crippen LogP contribution in [0.15, 0.2) is 51.7 Å². The van der Waals surface area contributed by atoms with Gasteiger partial charge >= 0.3 is 11.8 Å². The number of benzene rings is 2. The number of nitrogens with zero attached hydrogens (tertiary/aromatic N) is 2. The second kappa shape index (κ2) is 5.40. The van der Waals surface area contributed by atoms with Crippen LogP contribution in [0.1, 0.15) is 0 Å². The third-order valence-electron chi connectivity index (χ3n) is 2.68. The molecule has 0 radical (unpaired) electrons. The molecule has 2 aromatic carbocycles. The fraction of sp³-hybridized carbons (Fsp3) is 0. The third-order valence-corrected chi connectivity index (χ3v) is 2.68. The SMILES string of the molecule is O=c1oc(Oc2ccc(F)cc2)nn1-c1cc(F)ccc1F. The highest BCUT2D eigenvalue weighted by molar-refractivity contribution is 5.32. The van der Waals surface area contributed by atoms with Gasteiger partial charge in [-0.25, -0.2) is 18.0 Å². The first-order valence-electron chi connectivity index (χ1n) is 6.02. The Bertz CT molecular complexity index is 872. The van der Waals surface area contributed by atoms with Crippen LogP contribution in [0.3, 0.4) is 0 Å². The highest BCUT2D eigenvalue weighted by Gasteiger charge is 2.15. The summed E-state index contributed by atoms with van der Waals surface area (Å²) in [6.45, 7) is 0. The Balaban J connectivity index is 1.95. The second-order valence-corrected chi connectivity index (χ2v) is 4.20. The number of hydrogen-bond acceptors (Lipinski definition) is 4. The summed E-state index contributed by atoms with van der Waals surface area (Å²) in [6.07, 6.45) is -0.486. The fourth-order valence-electron chi connectivity index (χ4n) is 1.71. The first-order chi connectivity index (χ1) is 10.5. The molecule has 3 rings (SSSR count). The minimum atomic E-state index is -1.05. The number of aromatic nitrogens is 2. The molecule has 0 atom stereocenters. The van der Waals surface area contributed by atoms with Gasteiger partial charge in [0.25, 0.3) is 0 Å². The summed E-state index contributed by atoms with van der Waals surface area (Å²) in [5.74, 6) is -2.96. The van der Waals surface area contributed by atoms with Gasteiger partial charge in [-0.15, -0.1) is 0 Å². The average Bonchev–Trinajstić information content (AvgIpc) is 2.84. The Kier molecular flexibility index (Phi) is 3.42. The van der Waals surface area contributed by atoms with E-state index in [4.69, 9.17) is 4.74 Å². The van der Waals surface area contributed by atoms with Crippen molar-refractivity contribution in [3.63, 3.8) is 0 Å². The van der Waals surface area contributed by atoms with Gasteiger partial charge in [-0.2, -0.15) is 4.68 Å². The molecular weight excluding hydrogens is 301 g/mol. The van der Waals surface area contributed by atoms with Gasteiger partial charge in [-0.05, 0) is 36.4 Å². The second-order valence-electron chi connectivity index (χ2n) is 4.20. The Hall–Kier alpha value is -3.03. The molecule has 112 valence electrons. The van der Waals surface area contributed by atoms with Crippen molar-refractivity contribution in [1.82, 2.24) is 9.78 Å². The molecule has 0 unspecified atom stereocenters. The summed E-state index contributed by atoms with van der Waals surface area (Å²) >= 11 is 0. The molecule has 0 spiro atoms. The molecule has 0 bridgehead atoms. The van der Waals surface area contributed by atoms with Crippen molar-refractivity contribution in [3.8, 4) is 17.5 Å². The van der Waals surface area contributed by atoms with E-state index in [0.717, 1.165) is 30.3 Å². The fourth-order valence-corrected chi connectivity index (χ4v) is 1.71. The van der Waals surface area contributed by atoms with Crippen LogP contribution in [-0.2, 0) is 0 Å².